The lowest BCUT2D eigenvalue weighted by Gasteiger charge is -2.09. The van der Waals surface area contributed by atoms with E-state index in [0.717, 1.165) is 0 Å². The van der Waals surface area contributed by atoms with Crippen molar-refractivity contribution in [2.75, 3.05) is 13.2 Å². The van der Waals surface area contributed by atoms with Gasteiger partial charge in [-0.05, 0) is 36.4 Å². The van der Waals surface area contributed by atoms with E-state index in [1.807, 2.05) is 0 Å². The molecule has 0 atom stereocenters. The predicted octanol–water partition coefficient (Wildman–Crippen LogP) is 2.04. The average Bonchev–Trinajstić information content (AvgIpc) is 3.14. The van der Waals surface area contributed by atoms with Gasteiger partial charge in [0.1, 0.15) is 43.0 Å². The SMILES string of the molecule is O=C(OCCOc1ccc(F)cc1)c1cccnc1-n1cncn1. The molecule has 1 aromatic carbocycles. The number of halogens is 1. The summed E-state index contributed by atoms with van der Waals surface area (Å²) in [6, 6.07) is 8.81. The average molecular weight is 328 g/mol. The first kappa shape index (κ1) is 15.6. The highest BCUT2D eigenvalue weighted by molar-refractivity contribution is 5.92. The van der Waals surface area contributed by atoms with Gasteiger partial charge in [-0.2, -0.15) is 5.10 Å². The third-order valence-electron chi connectivity index (χ3n) is 3.04. The number of hydrogen-bond acceptors (Lipinski definition) is 6. The molecule has 0 aliphatic rings. The number of rotatable bonds is 6. The maximum atomic E-state index is 12.8. The Labute approximate surface area is 136 Å². The summed E-state index contributed by atoms with van der Waals surface area (Å²) in [5.74, 6) is -0.0566. The van der Waals surface area contributed by atoms with Crippen molar-refractivity contribution in [2.24, 2.45) is 0 Å². The van der Waals surface area contributed by atoms with Crippen LogP contribution in [0.2, 0.25) is 0 Å². The third-order valence-corrected chi connectivity index (χ3v) is 3.04. The number of benzene rings is 1. The largest absolute Gasteiger partial charge is 0.490 e. The molecule has 0 bridgehead atoms. The van der Waals surface area contributed by atoms with Crippen molar-refractivity contribution >= 4 is 5.97 Å². The number of carbonyl (C=O) groups is 1. The van der Waals surface area contributed by atoms with E-state index < -0.39 is 5.97 Å². The number of pyridine rings is 1. The van der Waals surface area contributed by atoms with Crippen LogP contribution in [-0.4, -0.2) is 38.9 Å². The molecule has 2 aromatic heterocycles. The van der Waals surface area contributed by atoms with Crippen LogP contribution in [0.3, 0.4) is 0 Å². The molecule has 0 radical (unpaired) electrons. The highest BCUT2D eigenvalue weighted by Crippen LogP contribution is 2.12. The topological polar surface area (TPSA) is 79.1 Å². The van der Waals surface area contributed by atoms with Gasteiger partial charge in [0.25, 0.3) is 0 Å². The van der Waals surface area contributed by atoms with Gasteiger partial charge in [-0.1, -0.05) is 0 Å². The molecule has 0 amide bonds. The van der Waals surface area contributed by atoms with E-state index in [1.165, 1.54) is 41.6 Å². The van der Waals surface area contributed by atoms with Gasteiger partial charge < -0.3 is 9.47 Å². The van der Waals surface area contributed by atoms with Crippen molar-refractivity contribution in [3.05, 3.63) is 66.6 Å². The molecule has 0 aliphatic carbocycles. The molecule has 0 fully saturated rings. The van der Waals surface area contributed by atoms with Gasteiger partial charge in [0.15, 0.2) is 5.82 Å². The van der Waals surface area contributed by atoms with Crippen molar-refractivity contribution < 1.29 is 18.7 Å². The zero-order chi connectivity index (χ0) is 16.8. The van der Waals surface area contributed by atoms with Crippen LogP contribution in [0.25, 0.3) is 5.82 Å². The van der Waals surface area contributed by atoms with E-state index in [2.05, 4.69) is 15.1 Å². The molecule has 0 saturated heterocycles. The summed E-state index contributed by atoms with van der Waals surface area (Å²) >= 11 is 0. The van der Waals surface area contributed by atoms with E-state index in [9.17, 15) is 9.18 Å². The second-order valence-corrected chi connectivity index (χ2v) is 4.65. The second kappa shape index (κ2) is 7.32. The Morgan fingerprint density at radius 1 is 1.17 bits per heavy atom. The molecule has 0 aliphatic heterocycles. The van der Waals surface area contributed by atoms with Crippen molar-refractivity contribution in [1.82, 2.24) is 19.7 Å². The van der Waals surface area contributed by atoms with Gasteiger partial charge in [-0.3, -0.25) is 0 Å². The number of esters is 1. The molecule has 0 saturated carbocycles. The number of carbonyl (C=O) groups excluding carboxylic acids is 1. The van der Waals surface area contributed by atoms with Crippen molar-refractivity contribution in [3.63, 3.8) is 0 Å². The number of aromatic nitrogens is 4. The highest BCUT2D eigenvalue weighted by atomic mass is 19.1. The Bertz CT molecular complexity index is 806. The summed E-state index contributed by atoms with van der Waals surface area (Å²) in [5, 5.41) is 3.95. The van der Waals surface area contributed by atoms with E-state index in [-0.39, 0.29) is 24.6 Å². The van der Waals surface area contributed by atoms with Gasteiger partial charge in [-0.25, -0.2) is 23.8 Å². The molecule has 122 valence electrons. The Hall–Kier alpha value is -3.29. The van der Waals surface area contributed by atoms with Crippen LogP contribution in [0.1, 0.15) is 10.4 Å². The Kier molecular flexibility index (Phi) is 4.76. The lowest BCUT2D eigenvalue weighted by atomic mass is 10.2. The van der Waals surface area contributed by atoms with Crippen LogP contribution in [0.15, 0.2) is 55.2 Å². The summed E-state index contributed by atoms with van der Waals surface area (Å²) in [6.07, 6.45) is 4.34. The minimum atomic E-state index is -0.545. The standard InChI is InChI=1S/C16H13FN4O3/c17-12-3-5-13(6-4-12)23-8-9-24-16(22)14-2-1-7-19-15(14)21-11-18-10-20-21/h1-7,10-11H,8-9H2. The summed E-state index contributed by atoms with van der Waals surface area (Å²) in [7, 11) is 0. The molecule has 0 spiro atoms. The first-order chi connectivity index (χ1) is 11.7. The zero-order valence-electron chi connectivity index (χ0n) is 12.5. The van der Waals surface area contributed by atoms with Gasteiger partial charge >= 0.3 is 5.97 Å². The summed E-state index contributed by atoms with van der Waals surface area (Å²) < 4.78 is 24.7. The fourth-order valence-electron chi connectivity index (χ4n) is 1.96. The minimum absolute atomic E-state index is 0.0436. The molecule has 3 aromatic rings. The van der Waals surface area contributed by atoms with Crippen LogP contribution in [-0.2, 0) is 4.74 Å². The fourth-order valence-corrected chi connectivity index (χ4v) is 1.96. The number of nitrogens with zero attached hydrogens (tertiary/aromatic N) is 4. The molecular formula is C16H13FN4O3. The molecule has 3 rings (SSSR count). The Morgan fingerprint density at radius 2 is 2.00 bits per heavy atom. The summed E-state index contributed by atoms with van der Waals surface area (Å²) in [4.78, 5) is 20.1. The summed E-state index contributed by atoms with van der Waals surface area (Å²) in [6.45, 7) is 0.193. The number of hydrogen-bond donors (Lipinski definition) is 0. The summed E-state index contributed by atoms with van der Waals surface area (Å²) in [5.41, 5.74) is 0.268. The van der Waals surface area contributed by atoms with Crippen molar-refractivity contribution in [2.45, 2.75) is 0 Å². The molecule has 24 heavy (non-hydrogen) atoms. The zero-order valence-corrected chi connectivity index (χ0v) is 12.5. The Morgan fingerprint density at radius 3 is 2.75 bits per heavy atom. The lowest BCUT2D eigenvalue weighted by molar-refractivity contribution is 0.0450. The normalized spacial score (nSPS) is 10.4. The maximum absolute atomic E-state index is 12.8. The van der Waals surface area contributed by atoms with Gasteiger partial charge in [0, 0.05) is 6.20 Å². The highest BCUT2D eigenvalue weighted by Gasteiger charge is 2.15. The smallest absolute Gasteiger partial charge is 0.342 e. The molecular weight excluding hydrogens is 315 g/mol. The molecule has 0 unspecified atom stereocenters. The molecule has 2 heterocycles. The third kappa shape index (κ3) is 3.72. The van der Waals surface area contributed by atoms with Crippen LogP contribution in [0, 0.1) is 5.82 Å². The maximum Gasteiger partial charge on any atom is 0.342 e. The van der Waals surface area contributed by atoms with Crippen LogP contribution >= 0.6 is 0 Å². The van der Waals surface area contributed by atoms with E-state index in [0.29, 0.717) is 11.6 Å². The first-order valence-electron chi connectivity index (χ1n) is 7.09. The van der Waals surface area contributed by atoms with E-state index in [4.69, 9.17) is 9.47 Å². The van der Waals surface area contributed by atoms with Crippen LogP contribution < -0.4 is 4.74 Å². The predicted molar refractivity (Wildman–Crippen MR) is 81.3 cm³/mol. The molecule has 0 N–H and O–H groups in total. The Balaban J connectivity index is 1.57. The lowest BCUT2D eigenvalue weighted by Crippen LogP contribution is -2.15. The van der Waals surface area contributed by atoms with E-state index in [1.54, 1.807) is 18.3 Å². The monoisotopic (exact) mass is 328 g/mol. The second-order valence-electron chi connectivity index (χ2n) is 4.65. The van der Waals surface area contributed by atoms with Crippen LogP contribution in [0.5, 0.6) is 5.75 Å². The first-order valence-corrected chi connectivity index (χ1v) is 7.09. The minimum Gasteiger partial charge on any atom is -0.490 e. The fraction of sp³-hybridized carbons (Fsp3) is 0.125. The van der Waals surface area contributed by atoms with Gasteiger partial charge in [0.2, 0.25) is 0 Å². The molecule has 7 nitrogen and oxygen atoms in total. The van der Waals surface area contributed by atoms with Gasteiger partial charge in [-0.15, -0.1) is 0 Å². The molecule has 8 heteroatoms. The van der Waals surface area contributed by atoms with Crippen molar-refractivity contribution in [1.29, 1.82) is 0 Å². The van der Waals surface area contributed by atoms with Gasteiger partial charge in [0.05, 0.1) is 0 Å². The van der Waals surface area contributed by atoms with Crippen molar-refractivity contribution in [3.8, 4) is 11.6 Å². The van der Waals surface area contributed by atoms with E-state index >= 15 is 0 Å². The quantitative estimate of drug-likeness (QED) is 0.509. The van der Waals surface area contributed by atoms with Crippen LogP contribution in [0.4, 0.5) is 4.39 Å². The number of ether oxygens (including phenoxy) is 2.